The number of allylic oxidation sites excluding steroid dienone is 2. The van der Waals surface area contributed by atoms with Crippen LogP contribution in [0.3, 0.4) is 0 Å². The minimum Gasteiger partial charge on any atom is -0.462 e. The van der Waals surface area contributed by atoms with E-state index in [1.165, 1.54) is 24.0 Å². The number of hydrogen-bond donors (Lipinski definition) is 0. The van der Waals surface area contributed by atoms with Crippen LogP contribution in [0, 0.1) is 35.5 Å². The Kier molecular flexibility index (Phi) is 7.23. The summed E-state index contributed by atoms with van der Waals surface area (Å²) >= 11 is 0. The molecule has 2 aliphatic carbocycles. The van der Waals surface area contributed by atoms with Crippen LogP contribution in [0.5, 0.6) is 0 Å². The van der Waals surface area contributed by atoms with Crippen LogP contribution >= 0.6 is 0 Å². The second-order valence-corrected chi connectivity index (χ2v) is 16.4. The fourth-order valence-corrected chi connectivity index (χ4v) is 10.7. The van der Waals surface area contributed by atoms with Crippen molar-refractivity contribution in [2.75, 3.05) is 0 Å². The summed E-state index contributed by atoms with van der Waals surface area (Å²) in [6, 6.07) is 8.56. The summed E-state index contributed by atoms with van der Waals surface area (Å²) in [6.45, 7) is 13.0. The Bertz CT molecular complexity index is 1480. The van der Waals surface area contributed by atoms with Crippen LogP contribution in [0.2, 0.25) is 0 Å². The van der Waals surface area contributed by atoms with Crippen LogP contribution in [0.4, 0.5) is 0 Å². The lowest BCUT2D eigenvalue weighted by molar-refractivity contribution is -0.556. The van der Waals surface area contributed by atoms with Crippen molar-refractivity contribution < 1.29 is 38.5 Å². The molecular weight excluding hydrogens is 608 g/mol. The third-order valence-electron chi connectivity index (χ3n) is 13.5. The largest absolute Gasteiger partial charge is 0.462 e. The first kappa shape index (κ1) is 31.5. The van der Waals surface area contributed by atoms with Gasteiger partial charge in [-0.3, -0.25) is 0 Å². The summed E-state index contributed by atoms with van der Waals surface area (Å²) in [7, 11) is 0. The highest BCUT2D eigenvalue weighted by molar-refractivity contribution is 5.59. The van der Waals surface area contributed by atoms with E-state index in [0.717, 1.165) is 61.2 Å². The van der Waals surface area contributed by atoms with Crippen molar-refractivity contribution in [1.82, 2.24) is 0 Å². The summed E-state index contributed by atoms with van der Waals surface area (Å²) < 4.78 is 26.3. The minimum absolute atomic E-state index is 0.199. The van der Waals surface area contributed by atoms with E-state index in [1.54, 1.807) is 0 Å². The number of rotatable bonds is 4. The summed E-state index contributed by atoms with van der Waals surface area (Å²) in [5.74, 6) is 2.35. The van der Waals surface area contributed by atoms with Gasteiger partial charge in [0.25, 0.3) is 0 Å². The third kappa shape index (κ3) is 4.55. The molecule has 1 aromatic rings. The minimum atomic E-state index is -0.778. The molecular formula is C40H50O8. The van der Waals surface area contributed by atoms with Crippen molar-refractivity contribution >= 4 is 12.2 Å². The Balaban J connectivity index is 0.937. The molecule has 1 aromatic carbocycles. The molecule has 0 amide bonds. The van der Waals surface area contributed by atoms with Gasteiger partial charge in [0.15, 0.2) is 11.2 Å². The zero-order valence-electron chi connectivity index (χ0n) is 29.2. The van der Waals surface area contributed by atoms with E-state index in [2.05, 4.69) is 76.3 Å². The van der Waals surface area contributed by atoms with Crippen LogP contribution in [0.25, 0.3) is 12.2 Å². The molecule has 4 bridgehead atoms. The molecule has 8 heteroatoms. The number of hydrogen-bond acceptors (Lipinski definition) is 8. The van der Waals surface area contributed by atoms with E-state index < -0.39 is 35.4 Å². The van der Waals surface area contributed by atoms with Gasteiger partial charge in [0.05, 0.1) is 0 Å². The second kappa shape index (κ2) is 11.0. The molecule has 6 saturated heterocycles. The zero-order valence-corrected chi connectivity index (χ0v) is 29.2. The summed E-state index contributed by atoms with van der Waals surface area (Å²) in [5.41, 5.74) is 3.45. The standard InChI is InChI=1S/C40H50O8/c1-23-7-15-31-25(3)33(41-35-39(31)29(23)19-21-37(5,43-35)45-47-39)17-13-27-9-11-28(12-10-27)14-18-34-26(4)32-16-8-24(2)30-20-22-38(6)44-36(42-34)40(30,32)48-46-38/h9-14,17-18,23-24,29-32,35-36H,7-8,15-16,19-22H2,1-6H3/b17-13-,18-14-/t23-,24-,29+,30+,31+,32+,35-,36-,37-,38-,39-,40-/m1/s1. The first-order chi connectivity index (χ1) is 23.0. The normalized spacial score (nSPS) is 47.8. The molecule has 2 spiro atoms. The zero-order chi connectivity index (χ0) is 33.1. The van der Waals surface area contributed by atoms with E-state index in [4.69, 9.17) is 38.5 Å². The molecule has 10 aliphatic rings. The van der Waals surface area contributed by atoms with Crippen molar-refractivity contribution in [2.24, 2.45) is 35.5 Å². The van der Waals surface area contributed by atoms with E-state index >= 15 is 0 Å². The second-order valence-electron chi connectivity index (χ2n) is 16.4. The fourth-order valence-electron chi connectivity index (χ4n) is 10.7. The first-order valence-electron chi connectivity index (χ1n) is 18.3. The van der Waals surface area contributed by atoms with Crippen LogP contribution in [-0.2, 0) is 38.5 Å². The van der Waals surface area contributed by atoms with Gasteiger partial charge >= 0.3 is 0 Å². The smallest absolute Gasteiger partial charge is 0.235 e. The lowest BCUT2D eigenvalue weighted by atomic mass is 9.59. The number of benzene rings is 1. The average molecular weight is 659 g/mol. The number of fused-ring (bicyclic) bond motifs is 4. The van der Waals surface area contributed by atoms with Crippen molar-refractivity contribution in [2.45, 2.75) is 128 Å². The van der Waals surface area contributed by atoms with E-state index in [-0.39, 0.29) is 11.8 Å². The van der Waals surface area contributed by atoms with Gasteiger partial charge in [-0.05, 0) is 112 Å². The van der Waals surface area contributed by atoms with Crippen LogP contribution in [0.15, 0.2) is 59.1 Å². The summed E-state index contributed by atoms with van der Waals surface area (Å²) in [6.07, 6.45) is 15.6. The van der Waals surface area contributed by atoms with Gasteiger partial charge in [-0.25, -0.2) is 19.6 Å². The Morgan fingerprint density at radius 3 is 1.40 bits per heavy atom. The summed E-state index contributed by atoms with van der Waals surface area (Å²) in [5, 5.41) is 0. The van der Waals surface area contributed by atoms with Crippen molar-refractivity contribution in [3.05, 3.63) is 70.2 Å². The van der Waals surface area contributed by atoms with Gasteiger partial charge < -0.3 is 18.9 Å². The Labute approximate surface area is 284 Å². The van der Waals surface area contributed by atoms with Gasteiger partial charge in [-0.1, -0.05) is 50.3 Å². The monoisotopic (exact) mass is 658 g/mol. The molecule has 8 fully saturated rings. The van der Waals surface area contributed by atoms with Gasteiger partial charge in [-0.15, -0.1) is 0 Å². The molecule has 0 N–H and O–H groups in total. The molecule has 0 radical (unpaired) electrons. The average Bonchev–Trinajstić information content (AvgIpc) is 3.45. The molecule has 8 nitrogen and oxygen atoms in total. The lowest BCUT2D eigenvalue weighted by Crippen LogP contribution is -2.66. The SMILES string of the molecule is CC1=C(/C=C\c2ccc(/C=C\C3=C(C)[C@@H]4CC[C@@H](C)[C@@H]5CC[C@@]6(C)OO[C@@]45[C@H](O3)O6)cc2)O[C@@H]2O[C@@]3(C)CC[C@H]4[C@H](C)CC[C@@H]1[C@@]24OO3. The Morgan fingerprint density at radius 2 is 0.979 bits per heavy atom. The van der Waals surface area contributed by atoms with Gasteiger partial charge in [0.1, 0.15) is 11.5 Å². The maximum atomic E-state index is 6.63. The highest BCUT2D eigenvalue weighted by atomic mass is 17.3. The van der Waals surface area contributed by atoms with Gasteiger partial charge in [0.2, 0.25) is 24.2 Å². The molecule has 8 heterocycles. The molecule has 11 rings (SSSR count). The van der Waals surface area contributed by atoms with Crippen LogP contribution in [-0.4, -0.2) is 35.4 Å². The van der Waals surface area contributed by atoms with Gasteiger partial charge in [0, 0.05) is 36.5 Å². The quantitative estimate of drug-likeness (QED) is 0.298. The van der Waals surface area contributed by atoms with E-state index in [1.807, 2.05) is 13.8 Å². The van der Waals surface area contributed by atoms with Crippen LogP contribution < -0.4 is 0 Å². The van der Waals surface area contributed by atoms with E-state index in [9.17, 15) is 0 Å². The maximum Gasteiger partial charge on any atom is 0.235 e. The highest BCUT2D eigenvalue weighted by Gasteiger charge is 2.69. The highest BCUT2D eigenvalue weighted by Crippen LogP contribution is 2.62. The predicted molar refractivity (Wildman–Crippen MR) is 178 cm³/mol. The lowest BCUT2D eigenvalue weighted by Gasteiger charge is -2.57. The first-order valence-corrected chi connectivity index (χ1v) is 18.3. The molecule has 0 aromatic heterocycles. The Hall–Kier alpha value is -2.46. The molecule has 2 saturated carbocycles. The fraction of sp³-hybridized carbons (Fsp3) is 0.650. The van der Waals surface area contributed by atoms with Crippen LogP contribution in [0.1, 0.15) is 104 Å². The topological polar surface area (TPSA) is 73.8 Å². The van der Waals surface area contributed by atoms with Gasteiger partial charge in [-0.2, -0.15) is 0 Å². The van der Waals surface area contributed by atoms with Crippen molar-refractivity contribution in [3.63, 3.8) is 0 Å². The molecule has 0 unspecified atom stereocenters. The molecule has 258 valence electrons. The molecule has 12 atom stereocenters. The number of ether oxygens (including phenoxy) is 4. The third-order valence-corrected chi connectivity index (χ3v) is 13.5. The predicted octanol–water partition coefficient (Wildman–Crippen LogP) is 8.75. The van der Waals surface area contributed by atoms with E-state index in [0.29, 0.717) is 23.7 Å². The maximum absolute atomic E-state index is 6.63. The molecule has 8 aliphatic heterocycles. The Morgan fingerprint density at radius 1 is 0.562 bits per heavy atom. The van der Waals surface area contributed by atoms with Crippen molar-refractivity contribution in [1.29, 1.82) is 0 Å². The van der Waals surface area contributed by atoms with Crippen molar-refractivity contribution in [3.8, 4) is 0 Å². The molecule has 48 heavy (non-hydrogen) atoms. The summed E-state index contributed by atoms with van der Waals surface area (Å²) in [4.78, 5) is 24.5.